The van der Waals surface area contributed by atoms with E-state index in [0.717, 1.165) is 0 Å². The molecule has 3 nitrogen and oxygen atoms in total. The van der Waals surface area contributed by atoms with Gasteiger partial charge in [-0.2, -0.15) is 0 Å². The van der Waals surface area contributed by atoms with Crippen LogP contribution in [0.1, 0.15) is 105 Å². The van der Waals surface area contributed by atoms with Crippen LogP contribution in [0, 0.1) is 0 Å². The third-order valence-electron chi connectivity index (χ3n) is 14.7. The van der Waals surface area contributed by atoms with Gasteiger partial charge < -0.3 is 14.0 Å². The number of rotatable bonds is 2. The number of thiophene rings is 1. The van der Waals surface area contributed by atoms with Crippen LogP contribution < -0.4 is 20.6 Å². The van der Waals surface area contributed by atoms with Crippen LogP contribution in [0.5, 0.6) is 0 Å². The van der Waals surface area contributed by atoms with Gasteiger partial charge in [0, 0.05) is 64.7 Å². The van der Waals surface area contributed by atoms with Crippen molar-refractivity contribution in [2.45, 2.75) is 105 Å². The molecule has 2 aliphatic rings. The second kappa shape index (κ2) is 13.3. The van der Waals surface area contributed by atoms with Gasteiger partial charge in [0.2, 0.25) is 0 Å². The lowest BCUT2D eigenvalue weighted by atomic mass is 9.36. The molecular weight excluding hydrogens is 806 g/mol. The molecule has 12 rings (SSSR count). The lowest BCUT2D eigenvalue weighted by molar-refractivity contribution is 0.590. The predicted octanol–water partition coefficient (Wildman–Crippen LogP) is 14.9. The molecule has 10 aromatic rings. The smallest absolute Gasteiger partial charge is 0.264 e. The van der Waals surface area contributed by atoms with Gasteiger partial charge in [-0.25, -0.2) is 0 Å². The Bertz CT molecular complexity index is 3630. The first-order chi connectivity index (χ1) is 30.8. The zero-order valence-electron chi connectivity index (χ0n) is 40.0. The van der Waals surface area contributed by atoms with Gasteiger partial charge in [-0.05, 0) is 128 Å². The van der Waals surface area contributed by atoms with Gasteiger partial charge in [-0.1, -0.05) is 144 Å². The summed E-state index contributed by atoms with van der Waals surface area (Å²) in [6.07, 6.45) is 0. The van der Waals surface area contributed by atoms with Crippen LogP contribution in [0.3, 0.4) is 0 Å². The summed E-state index contributed by atoms with van der Waals surface area (Å²) in [5.74, 6) is 0. The summed E-state index contributed by atoms with van der Waals surface area (Å²) >= 11 is 1.99. The number of nitrogens with zero attached hydrogens (tertiary/aromatic N) is 3. The van der Waals surface area contributed by atoms with Gasteiger partial charge in [0.05, 0.1) is 22.2 Å². The Hall–Kier alpha value is -6.04. The van der Waals surface area contributed by atoms with Crippen LogP contribution >= 0.6 is 11.3 Å². The van der Waals surface area contributed by atoms with Gasteiger partial charge in [0.1, 0.15) is 0 Å². The summed E-state index contributed by atoms with van der Waals surface area (Å²) in [6.45, 7) is 28.2. The van der Waals surface area contributed by atoms with Crippen molar-refractivity contribution in [1.29, 1.82) is 0 Å². The molecule has 0 unspecified atom stereocenters. The first-order valence-corrected chi connectivity index (χ1v) is 24.4. The molecule has 322 valence electrons. The molecule has 0 fully saturated rings. The molecule has 7 aromatic carbocycles. The Kier molecular flexibility index (Phi) is 8.28. The Labute approximate surface area is 388 Å². The average molecular weight is 864 g/mol. The summed E-state index contributed by atoms with van der Waals surface area (Å²) in [7, 11) is 0. The molecule has 0 amide bonds. The maximum absolute atomic E-state index is 2.67. The van der Waals surface area contributed by atoms with E-state index in [2.05, 4.69) is 231 Å². The van der Waals surface area contributed by atoms with Crippen molar-refractivity contribution in [1.82, 2.24) is 9.13 Å². The van der Waals surface area contributed by atoms with Crippen molar-refractivity contribution in [3.8, 4) is 11.4 Å². The maximum Gasteiger partial charge on any atom is 0.264 e. The zero-order valence-corrected chi connectivity index (χ0v) is 40.8. The lowest BCUT2D eigenvalue weighted by Gasteiger charge is -2.39. The van der Waals surface area contributed by atoms with E-state index < -0.39 is 0 Å². The van der Waals surface area contributed by atoms with E-state index in [9.17, 15) is 0 Å². The largest absolute Gasteiger partial charge is 0.310 e. The van der Waals surface area contributed by atoms with E-state index in [0.29, 0.717) is 0 Å². The third kappa shape index (κ3) is 5.73. The van der Waals surface area contributed by atoms with Crippen LogP contribution in [-0.4, -0.2) is 15.8 Å². The van der Waals surface area contributed by atoms with Gasteiger partial charge in [0.15, 0.2) is 0 Å². The third-order valence-corrected chi connectivity index (χ3v) is 15.9. The van der Waals surface area contributed by atoms with Gasteiger partial charge >= 0.3 is 0 Å². The first-order valence-electron chi connectivity index (χ1n) is 23.6. The highest BCUT2D eigenvalue weighted by Gasteiger charge is 2.45. The normalized spacial score (nSPS) is 14.1. The highest BCUT2D eigenvalue weighted by Crippen LogP contribution is 2.50. The standard InChI is InChI=1S/C60H58BN3S/c1-57(2,3)35-21-25-39(26-22-35)63-47-19-16-20-48-53(47)61(56-54(63)41-34-37(59(7,8)9)24-32-49(41)65-56)43-28-27-42(60(10,11)12)51-52-46(64(48)55(43)51)31-30-45-50(52)40-33-36(58(4,5)6)23-29-44(40)62(45)38-17-14-13-15-18-38/h13-34H,1-12H3. The van der Waals surface area contributed by atoms with E-state index in [1.165, 1.54) is 120 Å². The highest BCUT2D eigenvalue weighted by molar-refractivity contribution is 7.33. The molecule has 5 heteroatoms. The topological polar surface area (TPSA) is 13.1 Å². The lowest BCUT2D eigenvalue weighted by Crippen LogP contribution is -2.59. The minimum atomic E-state index is -0.106. The average Bonchev–Trinajstić information content (AvgIpc) is 3.92. The van der Waals surface area contributed by atoms with Crippen molar-refractivity contribution in [2.75, 3.05) is 4.90 Å². The van der Waals surface area contributed by atoms with Crippen LogP contribution in [0.15, 0.2) is 133 Å². The number of hydrogen-bond acceptors (Lipinski definition) is 2. The molecule has 0 saturated heterocycles. The molecule has 0 N–H and O–H groups in total. The number of benzene rings is 7. The highest BCUT2D eigenvalue weighted by atomic mass is 32.1. The molecule has 0 saturated carbocycles. The summed E-state index contributed by atoms with van der Waals surface area (Å²) in [5.41, 5.74) is 19.6. The minimum Gasteiger partial charge on any atom is -0.310 e. The Morgan fingerprint density at radius 1 is 0.446 bits per heavy atom. The fourth-order valence-electron chi connectivity index (χ4n) is 11.3. The molecule has 5 heterocycles. The number of anilines is 3. The van der Waals surface area contributed by atoms with Gasteiger partial charge in [0.25, 0.3) is 6.71 Å². The predicted molar refractivity (Wildman–Crippen MR) is 285 cm³/mol. The zero-order chi connectivity index (χ0) is 45.3. The molecule has 0 aliphatic carbocycles. The number of aromatic nitrogens is 2. The van der Waals surface area contributed by atoms with Crippen LogP contribution in [0.25, 0.3) is 65.1 Å². The number of para-hydroxylation sites is 1. The van der Waals surface area contributed by atoms with Crippen LogP contribution in [0.4, 0.5) is 17.1 Å². The summed E-state index contributed by atoms with van der Waals surface area (Å²) in [5, 5.41) is 6.73. The Morgan fingerprint density at radius 3 is 1.71 bits per heavy atom. The van der Waals surface area contributed by atoms with Crippen molar-refractivity contribution in [3.63, 3.8) is 0 Å². The van der Waals surface area contributed by atoms with Crippen LogP contribution in [0.2, 0.25) is 0 Å². The summed E-state index contributed by atoms with van der Waals surface area (Å²) in [6, 6.07) is 51.8. The second-order valence-electron chi connectivity index (χ2n) is 23.1. The molecule has 0 bridgehead atoms. The van der Waals surface area contributed by atoms with E-state index >= 15 is 0 Å². The van der Waals surface area contributed by atoms with Crippen molar-refractivity contribution >= 4 is 105 Å². The van der Waals surface area contributed by atoms with Crippen molar-refractivity contribution in [3.05, 3.63) is 156 Å². The molecule has 3 aromatic heterocycles. The van der Waals surface area contributed by atoms with Crippen molar-refractivity contribution < 1.29 is 0 Å². The fourth-order valence-corrected chi connectivity index (χ4v) is 12.6. The number of hydrogen-bond donors (Lipinski definition) is 0. The van der Waals surface area contributed by atoms with Crippen LogP contribution in [-0.2, 0) is 21.7 Å². The SMILES string of the molecule is CC(C)(C)c1ccc(N2c3cccc4c3B(c3sc5ccc(C(C)(C)C)cc5c32)c2ccc(C(C)(C)C)c3c5c6c7cc(C(C)(C)C)ccc7n(-c7ccccc7)c6ccc5n-4c23)cc1. The molecule has 65 heavy (non-hydrogen) atoms. The van der Waals surface area contributed by atoms with Crippen molar-refractivity contribution in [2.24, 2.45) is 0 Å². The summed E-state index contributed by atoms with van der Waals surface area (Å²) in [4.78, 5) is 2.61. The van der Waals surface area contributed by atoms with E-state index in [1.54, 1.807) is 0 Å². The molecule has 0 atom stereocenters. The maximum atomic E-state index is 2.67. The monoisotopic (exact) mass is 863 g/mol. The molecule has 2 aliphatic heterocycles. The van der Waals surface area contributed by atoms with E-state index in [-0.39, 0.29) is 28.4 Å². The first kappa shape index (κ1) is 40.5. The second-order valence-corrected chi connectivity index (χ2v) is 24.2. The Balaban J connectivity index is 1.26. The minimum absolute atomic E-state index is 0.00370. The Morgan fingerprint density at radius 2 is 1.05 bits per heavy atom. The van der Waals surface area contributed by atoms with E-state index in [4.69, 9.17) is 0 Å². The fraction of sp³-hybridized carbons (Fsp3) is 0.267. The molecule has 0 radical (unpaired) electrons. The van der Waals surface area contributed by atoms with Gasteiger partial charge in [-0.3, -0.25) is 0 Å². The van der Waals surface area contributed by atoms with E-state index in [1.807, 2.05) is 11.3 Å². The molecular formula is C60H58BN3S. The number of fused-ring (bicyclic) bond motifs is 13. The quantitative estimate of drug-likeness (QED) is 0.158. The van der Waals surface area contributed by atoms with Gasteiger partial charge in [-0.15, -0.1) is 11.3 Å². The molecule has 0 spiro atoms. The summed E-state index contributed by atoms with van der Waals surface area (Å²) < 4.78 is 7.93.